The smallest absolute Gasteiger partial charge is 0.168 e. The molecule has 31 heavy (non-hydrogen) atoms. The van der Waals surface area contributed by atoms with Crippen molar-refractivity contribution < 1.29 is 23.7 Å². The molecule has 0 amide bonds. The first-order chi connectivity index (χ1) is 15.0. The maximum absolute atomic E-state index is 14.0. The Labute approximate surface area is 181 Å². The highest BCUT2D eigenvalue weighted by Gasteiger charge is 2.18. The van der Waals surface area contributed by atoms with Crippen molar-refractivity contribution in [2.24, 2.45) is 0 Å². The molecule has 9 heteroatoms. The van der Waals surface area contributed by atoms with Gasteiger partial charge in [-0.2, -0.15) is 5.10 Å². The van der Waals surface area contributed by atoms with Crippen LogP contribution in [0, 0.1) is 11.6 Å². The minimum atomic E-state index is -0.996. The van der Waals surface area contributed by atoms with Gasteiger partial charge in [-0.05, 0) is 18.2 Å². The van der Waals surface area contributed by atoms with E-state index < -0.39 is 24.3 Å². The van der Waals surface area contributed by atoms with E-state index in [0.29, 0.717) is 32.9 Å². The van der Waals surface area contributed by atoms with E-state index in [9.17, 15) is 13.9 Å². The number of aliphatic hydroxyl groups excluding tert-OH is 2. The molecule has 1 atom stereocenters. The standard InChI is InChI=1S/C22H18ClF2N3O3/c23-16-4-2-1-3-15(16)22-21-18(26-10-13(30)11-29)8-14(9-19(21)27-28-22)31-20-6-5-12(24)7-17(20)25/h1-9,13,26,29-30H,10-11H2,(H,27,28)/t13-/m1/s1. The molecule has 1 heterocycles. The Morgan fingerprint density at radius 2 is 1.94 bits per heavy atom. The number of rotatable bonds is 7. The monoisotopic (exact) mass is 445 g/mol. The lowest BCUT2D eigenvalue weighted by atomic mass is 10.1. The third kappa shape index (κ3) is 4.46. The van der Waals surface area contributed by atoms with Gasteiger partial charge in [0, 0.05) is 36.0 Å². The van der Waals surface area contributed by atoms with Crippen molar-refractivity contribution in [1.29, 1.82) is 0 Å². The summed E-state index contributed by atoms with van der Waals surface area (Å²) < 4.78 is 32.9. The van der Waals surface area contributed by atoms with Crippen molar-refractivity contribution in [2.75, 3.05) is 18.5 Å². The lowest BCUT2D eigenvalue weighted by Crippen LogP contribution is -2.23. The number of halogens is 3. The number of nitrogens with one attached hydrogen (secondary N) is 2. The number of anilines is 1. The lowest BCUT2D eigenvalue weighted by molar-refractivity contribution is 0.105. The van der Waals surface area contributed by atoms with Gasteiger partial charge < -0.3 is 20.3 Å². The SMILES string of the molecule is OC[C@H](O)CNc1cc(Oc2ccc(F)cc2F)cc2[nH]nc(-c3ccccc3Cl)c12. The van der Waals surface area contributed by atoms with Crippen molar-refractivity contribution in [3.63, 3.8) is 0 Å². The van der Waals surface area contributed by atoms with Gasteiger partial charge >= 0.3 is 0 Å². The number of ether oxygens (including phenoxy) is 1. The first-order valence-electron chi connectivity index (χ1n) is 9.39. The maximum atomic E-state index is 14.0. The van der Waals surface area contributed by atoms with Crippen LogP contribution in [-0.4, -0.2) is 39.7 Å². The molecular weight excluding hydrogens is 428 g/mol. The topological polar surface area (TPSA) is 90.4 Å². The summed E-state index contributed by atoms with van der Waals surface area (Å²) in [5.41, 5.74) is 2.35. The van der Waals surface area contributed by atoms with Crippen LogP contribution in [0.25, 0.3) is 22.2 Å². The van der Waals surface area contributed by atoms with E-state index in [1.165, 1.54) is 6.07 Å². The summed E-state index contributed by atoms with van der Waals surface area (Å²) in [5.74, 6) is -1.44. The molecule has 6 nitrogen and oxygen atoms in total. The highest BCUT2D eigenvalue weighted by atomic mass is 35.5. The van der Waals surface area contributed by atoms with Crippen LogP contribution in [0.4, 0.5) is 14.5 Å². The molecule has 160 valence electrons. The number of aliphatic hydroxyl groups is 2. The largest absolute Gasteiger partial charge is 0.454 e. The fourth-order valence-electron chi connectivity index (χ4n) is 3.15. The summed E-state index contributed by atoms with van der Waals surface area (Å²) in [6.45, 7) is -0.372. The lowest BCUT2D eigenvalue weighted by Gasteiger charge is -2.14. The van der Waals surface area contributed by atoms with Gasteiger partial charge in [0.25, 0.3) is 0 Å². The number of fused-ring (bicyclic) bond motifs is 1. The predicted octanol–water partition coefficient (Wildman–Crippen LogP) is 4.72. The highest BCUT2D eigenvalue weighted by molar-refractivity contribution is 6.33. The van der Waals surface area contributed by atoms with Crippen LogP contribution in [-0.2, 0) is 0 Å². The normalized spacial score (nSPS) is 12.2. The molecule has 0 aliphatic rings. The molecule has 0 unspecified atom stereocenters. The van der Waals surface area contributed by atoms with Gasteiger partial charge in [-0.3, -0.25) is 5.10 Å². The van der Waals surface area contributed by atoms with Gasteiger partial charge in [0.15, 0.2) is 11.6 Å². The molecule has 0 aliphatic heterocycles. The summed E-state index contributed by atoms with van der Waals surface area (Å²) in [7, 11) is 0. The number of aromatic nitrogens is 2. The molecule has 4 rings (SSSR count). The van der Waals surface area contributed by atoms with Crippen molar-refractivity contribution in [1.82, 2.24) is 10.2 Å². The molecule has 0 bridgehead atoms. The summed E-state index contributed by atoms with van der Waals surface area (Å²) in [6, 6.07) is 13.5. The average molecular weight is 446 g/mol. The van der Waals surface area contributed by atoms with Crippen molar-refractivity contribution in [3.05, 3.63) is 71.3 Å². The van der Waals surface area contributed by atoms with E-state index in [2.05, 4.69) is 15.5 Å². The average Bonchev–Trinajstić information content (AvgIpc) is 3.18. The van der Waals surface area contributed by atoms with Gasteiger partial charge in [0.1, 0.15) is 17.3 Å². The van der Waals surface area contributed by atoms with Crippen molar-refractivity contribution in [2.45, 2.75) is 6.10 Å². The summed E-state index contributed by atoms with van der Waals surface area (Å²) >= 11 is 6.34. The third-order valence-electron chi connectivity index (χ3n) is 4.63. The number of hydrogen-bond acceptors (Lipinski definition) is 5. The zero-order chi connectivity index (χ0) is 22.0. The van der Waals surface area contributed by atoms with E-state index in [-0.39, 0.29) is 18.0 Å². The first-order valence-corrected chi connectivity index (χ1v) is 9.76. The van der Waals surface area contributed by atoms with Crippen molar-refractivity contribution >= 4 is 28.2 Å². The number of H-pyrrole nitrogens is 1. The van der Waals surface area contributed by atoms with E-state index in [0.717, 1.165) is 12.1 Å². The molecule has 0 radical (unpaired) electrons. The maximum Gasteiger partial charge on any atom is 0.168 e. The summed E-state index contributed by atoms with van der Waals surface area (Å²) in [6.07, 6.45) is -0.996. The first kappa shape index (κ1) is 21.0. The number of benzene rings is 3. The Balaban J connectivity index is 1.80. The van der Waals surface area contributed by atoms with Crippen LogP contribution < -0.4 is 10.1 Å². The minimum absolute atomic E-state index is 0.0487. The van der Waals surface area contributed by atoms with Crippen LogP contribution in [0.1, 0.15) is 0 Å². The second-order valence-electron chi connectivity index (χ2n) is 6.84. The van der Waals surface area contributed by atoms with Gasteiger partial charge in [0.2, 0.25) is 0 Å². The van der Waals surface area contributed by atoms with Gasteiger partial charge in [0.05, 0.1) is 28.6 Å². The van der Waals surface area contributed by atoms with Gasteiger partial charge in [-0.15, -0.1) is 0 Å². The fourth-order valence-corrected chi connectivity index (χ4v) is 3.38. The molecule has 4 aromatic rings. The molecule has 0 saturated carbocycles. The van der Waals surface area contributed by atoms with Crippen LogP contribution in [0.3, 0.4) is 0 Å². The van der Waals surface area contributed by atoms with Crippen molar-refractivity contribution in [3.8, 4) is 22.8 Å². The zero-order valence-corrected chi connectivity index (χ0v) is 16.8. The minimum Gasteiger partial charge on any atom is -0.454 e. The molecular formula is C22H18ClF2N3O3. The quantitative estimate of drug-likeness (QED) is 0.330. The number of nitrogens with zero attached hydrogens (tertiary/aromatic N) is 1. The molecule has 1 aromatic heterocycles. The molecule has 3 aromatic carbocycles. The summed E-state index contributed by atoms with van der Waals surface area (Å²) in [5, 5.41) is 30.4. The van der Waals surface area contributed by atoms with E-state index in [1.807, 2.05) is 12.1 Å². The second kappa shape index (κ2) is 8.89. The highest BCUT2D eigenvalue weighted by Crippen LogP contribution is 2.39. The van der Waals surface area contributed by atoms with E-state index >= 15 is 0 Å². The van der Waals surface area contributed by atoms with Gasteiger partial charge in [-0.1, -0.05) is 29.8 Å². The second-order valence-corrected chi connectivity index (χ2v) is 7.25. The van der Waals surface area contributed by atoms with Crippen LogP contribution in [0.15, 0.2) is 54.6 Å². The van der Waals surface area contributed by atoms with E-state index in [1.54, 1.807) is 24.3 Å². The molecule has 0 fully saturated rings. The number of hydrogen-bond donors (Lipinski definition) is 4. The Bertz CT molecular complexity index is 1230. The van der Waals surface area contributed by atoms with Crippen LogP contribution >= 0.6 is 11.6 Å². The Morgan fingerprint density at radius 3 is 2.68 bits per heavy atom. The van der Waals surface area contributed by atoms with Crippen LogP contribution in [0.5, 0.6) is 11.5 Å². The van der Waals surface area contributed by atoms with E-state index in [4.69, 9.17) is 21.4 Å². The Hall–Kier alpha value is -3.20. The predicted molar refractivity (Wildman–Crippen MR) is 115 cm³/mol. The molecule has 0 saturated heterocycles. The third-order valence-corrected chi connectivity index (χ3v) is 4.96. The summed E-state index contributed by atoms with van der Waals surface area (Å²) in [4.78, 5) is 0. The zero-order valence-electron chi connectivity index (χ0n) is 16.1. The molecule has 0 spiro atoms. The van der Waals surface area contributed by atoms with Crippen LogP contribution in [0.2, 0.25) is 5.02 Å². The molecule has 0 aliphatic carbocycles. The fraction of sp³-hybridized carbons (Fsp3) is 0.136. The Kier molecular flexibility index (Phi) is 6.03. The Morgan fingerprint density at radius 1 is 1.13 bits per heavy atom. The van der Waals surface area contributed by atoms with Gasteiger partial charge in [-0.25, -0.2) is 8.78 Å². The number of aromatic amines is 1. The molecule has 4 N–H and O–H groups in total.